The van der Waals surface area contributed by atoms with E-state index in [1.165, 1.54) is 0 Å². The Labute approximate surface area is 226 Å². The van der Waals surface area contributed by atoms with Crippen LogP contribution in [0.15, 0.2) is 0 Å². The highest BCUT2D eigenvalue weighted by Gasteiger charge is 2.95. The summed E-state index contributed by atoms with van der Waals surface area (Å²) >= 11 is 0. The first-order valence-corrected chi connectivity index (χ1v) is 13.4. The van der Waals surface area contributed by atoms with Crippen molar-refractivity contribution < 1.29 is 96.6 Å². The van der Waals surface area contributed by atoms with Crippen LogP contribution >= 0.6 is 0 Å². The molecular weight excluding hydrogens is 685 g/mol. The highest BCUT2D eigenvalue weighted by Crippen LogP contribution is 2.64. The predicted octanol–water partition coefficient (Wildman–Crippen LogP) is 5.31. The Morgan fingerprint density at radius 3 is 1.38 bits per heavy atom. The molecular formula is C17H18F17NO5S2. The van der Waals surface area contributed by atoms with Crippen molar-refractivity contribution in [3.63, 3.8) is 0 Å². The maximum absolute atomic E-state index is 13.9. The summed E-state index contributed by atoms with van der Waals surface area (Å²) in [5.41, 5.74) is -1.71. The molecule has 252 valence electrons. The molecule has 0 saturated heterocycles. The van der Waals surface area contributed by atoms with Crippen molar-refractivity contribution in [3.05, 3.63) is 0 Å². The fourth-order valence-corrected chi connectivity index (χ4v) is 4.92. The van der Waals surface area contributed by atoms with E-state index in [4.69, 9.17) is 4.55 Å². The number of halogens is 17. The van der Waals surface area contributed by atoms with Crippen LogP contribution in [0.3, 0.4) is 0 Å². The van der Waals surface area contributed by atoms with E-state index in [-0.39, 0.29) is 0 Å². The number of amides is 1. The first kappa shape index (κ1) is 40.3. The maximum Gasteiger partial charge on any atom is 0.460 e. The standard InChI is InChI=1S/C17H18F17NO5S2/c1-9(2,7-42(38,39)40)35-8(36)3-5-41(37)6-4-10(18,19)11(20,21)12(22,23)13(24,25)14(26,27)15(28,29)16(30,31)17(32,33)34/h3-7H2,1-2H3,(H,35,36)(H,38,39,40). The molecule has 0 bridgehead atoms. The number of carbonyl (C=O) groups excluding carboxylic acids is 1. The number of alkyl halides is 17. The van der Waals surface area contributed by atoms with Gasteiger partial charge in [0.25, 0.3) is 10.1 Å². The van der Waals surface area contributed by atoms with E-state index in [1.54, 1.807) is 0 Å². The molecule has 0 saturated carbocycles. The molecule has 0 aliphatic carbocycles. The molecule has 0 rings (SSSR count). The van der Waals surface area contributed by atoms with Crippen LogP contribution in [0.25, 0.3) is 0 Å². The molecule has 1 unspecified atom stereocenters. The van der Waals surface area contributed by atoms with Gasteiger partial charge in [0.15, 0.2) is 0 Å². The van der Waals surface area contributed by atoms with Crippen LogP contribution < -0.4 is 5.32 Å². The minimum Gasteiger partial charge on any atom is -0.350 e. The molecule has 0 aliphatic heterocycles. The van der Waals surface area contributed by atoms with Crippen molar-refractivity contribution in [3.8, 4) is 0 Å². The fourth-order valence-electron chi connectivity index (χ4n) is 2.84. The molecule has 0 spiro atoms. The lowest BCUT2D eigenvalue weighted by Gasteiger charge is -2.42. The van der Waals surface area contributed by atoms with Crippen molar-refractivity contribution in [2.75, 3.05) is 17.3 Å². The average Bonchev–Trinajstić information content (AvgIpc) is 2.72. The van der Waals surface area contributed by atoms with Gasteiger partial charge in [0.1, 0.15) is 0 Å². The van der Waals surface area contributed by atoms with Gasteiger partial charge in [0.05, 0.1) is 11.3 Å². The lowest BCUT2D eigenvalue weighted by Crippen LogP contribution is -2.74. The van der Waals surface area contributed by atoms with Gasteiger partial charge < -0.3 is 5.32 Å². The monoisotopic (exact) mass is 703 g/mol. The van der Waals surface area contributed by atoms with Crippen LogP contribution in [0, 0.1) is 0 Å². The van der Waals surface area contributed by atoms with E-state index in [1.807, 2.05) is 5.32 Å². The molecule has 1 atom stereocenters. The van der Waals surface area contributed by atoms with Gasteiger partial charge in [-0.15, -0.1) is 0 Å². The van der Waals surface area contributed by atoms with Crippen LogP contribution in [0.5, 0.6) is 0 Å². The fraction of sp³-hybridized carbons (Fsp3) is 0.941. The van der Waals surface area contributed by atoms with Gasteiger partial charge in [0.2, 0.25) is 5.91 Å². The van der Waals surface area contributed by atoms with Gasteiger partial charge in [-0.25, -0.2) is 0 Å². The third-order valence-electron chi connectivity index (χ3n) is 5.01. The highest BCUT2D eigenvalue weighted by molar-refractivity contribution is 7.85. The molecule has 42 heavy (non-hydrogen) atoms. The summed E-state index contributed by atoms with van der Waals surface area (Å²) in [6, 6.07) is 0. The zero-order valence-electron chi connectivity index (χ0n) is 20.4. The van der Waals surface area contributed by atoms with Gasteiger partial charge in [-0.05, 0) is 13.8 Å². The summed E-state index contributed by atoms with van der Waals surface area (Å²) in [5.74, 6) is -62.7. The third kappa shape index (κ3) is 7.70. The Balaban J connectivity index is 5.88. The lowest BCUT2D eigenvalue weighted by molar-refractivity contribution is -0.461. The minimum absolute atomic E-state index is 1.01. The van der Waals surface area contributed by atoms with E-state index in [9.17, 15) is 92.1 Å². The number of carbonyl (C=O) groups is 1. The van der Waals surface area contributed by atoms with E-state index in [2.05, 4.69) is 0 Å². The maximum atomic E-state index is 13.9. The van der Waals surface area contributed by atoms with Gasteiger partial charge >= 0.3 is 47.6 Å². The predicted molar refractivity (Wildman–Crippen MR) is 106 cm³/mol. The van der Waals surface area contributed by atoms with Gasteiger partial charge in [0, 0.05) is 35.1 Å². The van der Waals surface area contributed by atoms with Crippen molar-refractivity contribution in [1.82, 2.24) is 5.32 Å². The van der Waals surface area contributed by atoms with Gasteiger partial charge in [-0.2, -0.15) is 83.1 Å². The molecule has 2 N–H and O–H groups in total. The summed E-state index contributed by atoms with van der Waals surface area (Å²) in [6.45, 7) is 2.05. The first-order chi connectivity index (χ1) is 18.0. The van der Waals surface area contributed by atoms with Crippen molar-refractivity contribution in [1.29, 1.82) is 0 Å². The molecule has 0 fully saturated rings. The van der Waals surface area contributed by atoms with Crippen LogP contribution in [-0.2, 0) is 25.7 Å². The zero-order chi connectivity index (χ0) is 34.4. The zero-order valence-corrected chi connectivity index (χ0v) is 22.0. The molecule has 0 aromatic rings. The van der Waals surface area contributed by atoms with E-state index >= 15 is 0 Å². The average molecular weight is 703 g/mol. The summed E-state index contributed by atoms with van der Waals surface area (Å²) in [4.78, 5) is 11.7. The largest absolute Gasteiger partial charge is 0.460 e. The Morgan fingerprint density at radius 1 is 0.667 bits per heavy atom. The number of nitrogens with one attached hydrogen (secondary N) is 1. The van der Waals surface area contributed by atoms with Gasteiger partial charge in [-0.1, -0.05) is 0 Å². The Hall–Kier alpha value is -1.66. The lowest BCUT2D eigenvalue weighted by atomic mass is 9.88. The number of hydrogen-bond donors (Lipinski definition) is 2. The van der Waals surface area contributed by atoms with Crippen molar-refractivity contribution in [2.24, 2.45) is 0 Å². The Bertz CT molecular complexity index is 1120. The van der Waals surface area contributed by atoms with E-state index < -0.39 is 110 Å². The number of rotatable bonds is 15. The van der Waals surface area contributed by atoms with Crippen molar-refractivity contribution >= 4 is 26.8 Å². The second-order valence-electron chi connectivity index (χ2n) is 9.15. The molecule has 0 aromatic heterocycles. The summed E-state index contributed by atoms with van der Waals surface area (Å²) in [6.07, 6.45) is -11.8. The molecule has 0 aliphatic rings. The van der Waals surface area contributed by atoms with E-state index in [0.29, 0.717) is 0 Å². The molecule has 0 radical (unpaired) electrons. The van der Waals surface area contributed by atoms with Crippen LogP contribution in [0.2, 0.25) is 0 Å². The second-order valence-corrected chi connectivity index (χ2v) is 12.3. The minimum atomic E-state index is -8.75. The highest BCUT2D eigenvalue weighted by atomic mass is 32.2. The normalized spacial score (nSPS) is 16.4. The van der Waals surface area contributed by atoms with Crippen LogP contribution in [0.1, 0.15) is 26.7 Å². The SMILES string of the molecule is CC(C)(CS(=O)(=O)O)NC(=O)CCS(=O)CCC(F)(F)C(F)(F)C(F)(F)C(F)(F)C(F)(F)C(F)(F)C(F)(F)C(F)(F)F. The van der Waals surface area contributed by atoms with Crippen LogP contribution in [-0.4, -0.2) is 93.5 Å². The molecule has 0 heterocycles. The second kappa shape index (κ2) is 11.7. The van der Waals surface area contributed by atoms with Crippen molar-refractivity contribution in [2.45, 2.75) is 79.9 Å². The molecule has 1 amide bonds. The summed E-state index contributed by atoms with van der Waals surface area (Å²) in [5, 5.41) is 1.93. The summed E-state index contributed by atoms with van der Waals surface area (Å²) in [7, 11) is -7.61. The number of hydrogen-bond acceptors (Lipinski definition) is 4. The Morgan fingerprint density at radius 2 is 1.02 bits per heavy atom. The smallest absolute Gasteiger partial charge is 0.350 e. The summed E-state index contributed by atoms with van der Waals surface area (Å²) < 4.78 is 267. The first-order valence-electron chi connectivity index (χ1n) is 10.3. The van der Waals surface area contributed by atoms with Crippen LogP contribution in [0.4, 0.5) is 74.6 Å². The van der Waals surface area contributed by atoms with E-state index in [0.717, 1.165) is 13.8 Å². The molecule has 25 heteroatoms. The third-order valence-corrected chi connectivity index (χ3v) is 7.41. The molecule has 0 aromatic carbocycles. The van der Waals surface area contributed by atoms with Gasteiger partial charge in [-0.3, -0.25) is 13.6 Å². The quantitative estimate of drug-likeness (QED) is 0.178. The Kier molecular flexibility index (Phi) is 11.2. The topological polar surface area (TPSA) is 101 Å². The molecule has 6 nitrogen and oxygen atoms in total.